The minimum atomic E-state index is 0.493. The molecule has 8 heteroatoms. The number of fused-ring (bicyclic) bond motifs is 3. The quantitative estimate of drug-likeness (QED) is 0.135. The maximum absolute atomic E-state index is 5.24. The molecule has 0 radical (unpaired) electrons. The van der Waals surface area contributed by atoms with Gasteiger partial charge in [-0.3, -0.25) is 4.98 Å². The Kier molecular flexibility index (Phi) is 11.5. The molecule has 0 spiro atoms. The third-order valence-electron chi connectivity index (χ3n) is 13.7. The first kappa shape index (κ1) is 44.9. The molecular formula is C67H46N8. The van der Waals surface area contributed by atoms with Crippen LogP contribution in [0.4, 0.5) is 0 Å². The molecule has 0 aliphatic heterocycles. The van der Waals surface area contributed by atoms with Gasteiger partial charge in [0.15, 0.2) is 34.9 Å². The lowest BCUT2D eigenvalue weighted by Crippen LogP contribution is -2.04. The molecule has 0 atom stereocenters. The van der Waals surface area contributed by atoms with Gasteiger partial charge in [0.25, 0.3) is 0 Å². The molecule has 4 aromatic heterocycles. The number of hydrogen-bond acceptors (Lipinski definition) is 7. The van der Waals surface area contributed by atoms with Gasteiger partial charge in [-0.1, -0.05) is 193 Å². The molecule has 0 fully saturated rings. The zero-order valence-electron chi connectivity index (χ0n) is 41.2. The van der Waals surface area contributed by atoms with Crippen LogP contribution in [0.2, 0.25) is 0 Å². The average molecular weight is 963 g/mol. The number of hydrogen-bond donors (Lipinski definition) is 0. The van der Waals surface area contributed by atoms with Crippen LogP contribution in [-0.2, 0) is 0 Å². The molecule has 0 aliphatic carbocycles. The highest BCUT2D eigenvalue weighted by molar-refractivity contribution is 6.12. The lowest BCUT2D eigenvalue weighted by Gasteiger charge is -2.18. The van der Waals surface area contributed by atoms with Crippen molar-refractivity contribution >= 4 is 21.8 Å². The Morgan fingerprint density at radius 3 is 1.11 bits per heavy atom. The number of pyridine rings is 1. The normalized spacial score (nSPS) is 11.3. The Labute approximate surface area is 434 Å². The van der Waals surface area contributed by atoms with E-state index in [-0.39, 0.29) is 0 Å². The fraction of sp³-hybridized carbons (Fsp3) is 0.0299. The van der Waals surface area contributed by atoms with Crippen molar-refractivity contribution in [3.63, 3.8) is 0 Å². The topological polar surface area (TPSA) is 95.2 Å². The Morgan fingerprint density at radius 1 is 0.280 bits per heavy atom. The van der Waals surface area contributed by atoms with Crippen molar-refractivity contribution in [3.05, 3.63) is 254 Å². The molecule has 0 unspecified atom stereocenters. The van der Waals surface area contributed by atoms with Crippen LogP contribution in [0.15, 0.2) is 243 Å². The van der Waals surface area contributed by atoms with Crippen LogP contribution in [0, 0.1) is 13.8 Å². The predicted molar refractivity (Wildman–Crippen MR) is 304 cm³/mol. The maximum Gasteiger partial charge on any atom is 0.166 e. The van der Waals surface area contributed by atoms with Crippen LogP contribution in [0.25, 0.3) is 129 Å². The highest BCUT2D eigenvalue weighted by atomic mass is 15.0. The van der Waals surface area contributed by atoms with Gasteiger partial charge in [0.2, 0.25) is 0 Å². The number of nitrogens with zero attached hydrogens (tertiary/aromatic N) is 8. The van der Waals surface area contributed by atoms with Crippen LogP contribution in [0.3, 0.4) is 0 Å². The standard InChI is InChI=1S/C67H46N8/c1-43-17-15-27-49(37-43)51-29-32-60-56(39-51)57-40-52(50-28-16-18-44(2)38-50)30-33-61(57)75(60)59-34-31-53(66-71-62(45-19-7-3-8-20-45)69-63(72-66)46-21-9-4-10-22-46)41-55(59)54-35-36-68-42-58(54)67-73-64(47-23-11-5-12-24-47)70-65(74-67)48-25-13-6-14-26-48/h3-42H,1-2H3. The van der Waals surface area contributed by atoms with Gasteiger partial charge < -0.3 is 4.57 Å². The number of aryl methyl sites for hydroxylation is 2. The van der Waals surface area contributed by atoms with Crippen molar-refractivity contribution in [1.82, 2.24) is 39.5 Å². The van der Waals surface area contributed by atoms with Crippen LogP contribution in [0.5, 0.6) is 0 Å². The largest absolute Gasteiger partial charge is 0.309 e. The fourth-order valence-corrected chi connectivity index (χ4v) is 10.1. The third-order valence-corrected chi connectivity index (χ3v) is 13.7. The summed E-state index contributed by atoms with van der Waals surface area (Å²) in [5.74, 6) is 3.32. The van der Waals surface area contributed by atoms with Gasteiger partial charge in [0.05, 0.1) is 16.7 Å². The molecule has 0 amide bonds. The third kappa shape index (κ3) is 8.70. The molecule has 13 aromatic rings. The highest BCUT2D eigenvalue weighted by Crippen LogP contribution is 2.43. The summed E-state index contributed by atoms with van der Waals surface area (Å²) in [7, 11) is 0. The average Bonchev–Trinajstić information content (AvgIpc) is 3.83. The van der Waals surface area contributed by atoms with Gasteiger partial charge in [-0.25, -0.2) is 29.9 Å². The first-order chi connectivity index (χ1) is 37.0. The summed E-state index contributed by atoms with van der Waals surface area (Å²) in [6.45, 7) is 4.29. The molecule has 8 nitrogen and oxygen atoms in total. The summed E-state index contributed by atoms with van der Waals surface area (Å²) >= 11 is 0. The van der Waals surface area contributed by atoms with E-state index in [2.05, 4.69) is 128 Å². The molecule has 354 valence electrons. The van der Waals surface area contributed by atoms with Crippen molar-refractivity contribution in [2.45, 2.75) is 13.8 Å². The number of aromatic nitrogens is 8. The SMILES string of the molecule is Cc1cccc(-c2ccc3c(c2)c2cc(-c4cccc(C)c4)ccc2n3-c2ccc(-c3nc(-c4ccccc4)nc(-c4ccccc4)n3)cc2-c2ccncc2-c2nc(-c3ccccc3)nc(-c3ccccc3)n2)c1. The van der Waals surface area contributed by atoms with Gasteiger partial charge in [0, 0.05) is 62.1 Å². The minimum absolute atomic E-state index is 0.493. The number of rotatable bonds is 10. The van der Waals surface area contributed by atoms with E-state index in [1.54, 1.807) is 0 Å². The van der Waals surface area contributed by atoms with E-state index in [4.69, 9.17) is 34.9 Å². The molecule has 0 aliphatic rings. The summed E-state index contributed by atoms with van der Waals surface area (Å²) in [5, 5.41) is 2.27. The van der Waals surface area contributed by atoms with Crippen molar-refractivity contribution < 1.29 is 0 Å². The second-order valence-corrected chi connectivity index (χ2v) is 18.8. The Bertz CT molecular complexity index is 4030. The van der Waals surface area contributed by atoms with Crippen LogP contribution in [-0.4, -0.2) is 39.5 Å². The van der Waals surface area contributed by atoms with E-state index in [0.717, 1.165) is 83.1 Å². The van der Waals surface area contributed by atoms with E-state index in [1.165, 1.54) is 22.3 Å². The second kappa shape index (κ2) is 19.2. The van der Waals surface area contributed by atoms with Crippen molar-refractivity contribution in [3.8, 4) is 107 Å². The Morgan fingerprint density at radius 2 is 0.667 bits per heavy atom. The van der Waals surface area contributed by atoms with Gasteiger partial charge in [-0.15, -0.1) is 0 Å². The predicted octanol–water partition coefficient (Wildman–Crippen LogP) is 16.2. The highest BCUT2D eigenvalue weighted by Gasteiger charge is 2.23. The molecule has 0 bridgehead atoms. The van der Waals surface area contributed by atoms with Crippen LogP contribution >= 0.6 is 0 Å². The first-order valence-electron chi connectivity index (χ1n) is 25.0. The lowest BCUT2D eigenvalue weighted by atomic mass is 9.96. The summed E-state index contributed by atoms with van der Waals surface area (Å²) in [4.78, 5) is 35.7. The Hall–Kier alpha value is -10.1. The molecule has 75 heavy (non-hydrogen) atoms. The fourth-order valence-electron chi connectivity index (χ4n) is 10.1. The summed E-state index contributed by atoms with van der Waals surface area (Å²) in [6, 6.07) is 80.0. The zero-order chi connectivity index (χ0) is 50.2. The second-order valence-electron chi connectivity index (χ2n) is 18.8. The van der Waals surface area contributed by atoms with Crippen LogP contribution < -0.4 is 0 Å². The van der Waals surface area contributed by atoms with E-state index in [9.17, 15) is 0 Å². The summed E-state index contributed by atoms with van der Waals surface area (Å²) in [5.41, 5.74) is 17.0. The molecule has 13 rings (SSSR count). The molecule has 0 N–H and O–H groups in total. The van der Waals surface area contributed by atoms with Crippen molar-refractivity contribution in [2.75, 3.05) is 0 Å². The molecule has 9 aromatic carbocycles. The lowest BCUT2D eigenvalue weighted by molar-refractivity contribution is 1.07. The van der Waals surface area contributed by atoms with Gasteiger partial charge >= 0.3 is 0 Å². The van der Waals surface area contributed by atoms with E-state index >= 15 is 0 Å². The summed E-state index contributed by atoms with van der Waals surface area (Å²) < 4.78 is 2.39. The van der Waals surface area contributed by atoms with E-state index in [1.807, 2.05) is 134 Å². The Balaban J connectivity index is 1.09. The van der Waals surface area contributed by atoms with Gasteiger partial charge in [-0.05, 0) is 90.2 Å². The van der Waals surface area contributed by atoms with E-state index in [0.29, 0.717) is 34.9 Å². The van der Waals surface area contributed by atoms with Gasteiger partial charge in [-0.2, -0.15) is 0 Å². The molecule has 0 saturated heterocycles. The van der Waals surface area contributed by atoms with Crippen molar-refractivity contribution in [2.24, 2.45) is 0 Å². The zero-order valence-corrected chi connectivity index (χ0v) is 41.2. The maximum atomic E-state index is 5.24. The minimum Gasteiger partial charge on any atom is -0.309 e. The summed E-state index contributed by atoms with van der Waals surface area (Å²) in [6.07, 6.45) is 3.70. The van der Waals surface area contributed by atoms with Crippen molar-refractivity contribution in [1.29, 1.82) is 0 Å². The molecular weight excluding hydrogens is 917 g/mol. The van der Waals surface area contributed by atoms with Gasteiger partial charge in [0.1, 0.15) is 0 Å². The van der Waals surface area contributed by atoms with Crippen LogP contribution in [0.1, 0.15) is 11.1 Å². The van der Waals surface area contributed by atoms with E-state index < -0.39 is 0 Å². The molecule has 0 saturated carbocycles. The molecule has 4 heterocycles. The smallest absolute Gasteiger partial charge is 0.166 e. The monoisotopic (exact) mass is 962 g/mol. The number of benzene rings is 9. The first-order valence-corrected chi connectivity index (χ1v) is 25.0.